The third-order valence-corrected chi connectivity index (χ3v) is 4.11. The first-order valence-electron chi connectivity index (χ1n) is 7.97. The van der Waals surface area contributed by atoms with Crippen LogP contribution in [0, 0.1) is 0 Å². The Bertz CT molecular complexity index is 389. The summed E-state index contributed by atoms with van der Waals surface area (Å²) in [6.45, 7) is 0.0863. The van der Waals surface area contributed by atoms with Gasteiger partial charge >= 0.3 is 5.24 Å². The van der Waals surface area contributed by atoms with Crippen LogP contribution < -0.4 is 0 Å². The minimum atomic E-state index is -0.618. The topological polar surface area (TPSA) is 92.3 Å². The van der Waals surface area contributed by atoms with Gasteiger partial charge < -0.3 is 47.4 Å². The first-order valence-corrected chi connectivity index (χ1v) is 8.38. The van der Waals surface area contributed by atoms with Crippen molar-refractivity contribution in [3.63, 3.8) is 0 Å². The molecule has 1 saturated heterocycles. The predicted molar refractivity (Wildman–Crippen MR) is 89.3 cm³/mol. The van der Waals surface area contributed by atoms with Crippen LogP contribution >= 0.6 is 12.2 Å². The summed E-state index contributed by atoms with van der Waals surface area (Å²) in [7, 11) is 6.08. The fourth-order valence-corrected chi connectivity index (χ4v) is 3.21. The van der Waals surface area contributed by atoms with Crippen molar-refractivity contribution in [1.29, 1.82) is 0 Å². The summed E-state index contributed by atoms with van der Waals surface area (Å²) in [5.41, 5.74) is 0. The van der Waals surface area contributed by atoms with Crippen molar-refractivity contribution in [3.8, 4) is 0 Å². The molecule has 0 amide bonds. The Morgan fingerprint density at radius 3 is 1.23 bits per heavy atom. The van der Waals surface area contributed by atoms with E-state index in [-0.39, 0.29) is 32.4 Å². The molecule has 0 aromatic heterocycles. The van der Waals surface area contributed by atoms with Gasteiger partial charge in [-0.25, -0.2) is 0 Å². The average Bonchev–Trinajstić information content (AvgIpc) is 3.02. The number of methoxy groups -OCH3 is 4. The molecule has 0 aromatic carbocycles. The highest BCUT2D eigenvalue weighted by Gasteiger charge is 2.59. The molecule has 0 aromatic rings. The summed E-state index contributed by atoms with van der Waals surface area (Å²) in [5, 5.41) is 0.00918. The van der Waals surface area contributed by atoms with E-state index in [1.54, 1.807) is 0 Å². The van der Waals surface area contributed by atoms with Crippen molar-refractivity contribution in [2.45, 2.75) is 36.6 Å². The summed E-state index contributed by atoms with van der Waals surface area (Å²) >= 11 is 5.07. The summed E-state index contributed by atoms with van der Waals surface area (Å²) in [4.78, 5) is 0. The highest BCUT2D eigenvalue weighted by atomic mass is 32.1. The largest absolute Gasteiger partial charge is 0.447 e. The zero-order valence-corrected chi connectivity index (χ0v) is 16.1. The van der Waals surface area contributed by atoms with Crippen molar-refractivity contribution in [3.05, 3.63) is 0 Å². The van der Waals surface area contributed by atoms with E-state index in [1.165, 1.54) is 28.4 Å². The highest BCUT2D eigenvalue weighted by Crippen LogP contribution is 2.37. The van der Waals surface area contributed by atoms with E-state index in [2.05, 4.69) is 0 Å². The molecule has 152 valence electrons. The molecule has 2 aliphatic rings. The van der Waals surface area contributed by atoms with Gasteiger partial charge in [0.2, 0.25) is 0 Å². The van der Waals surface area contributed by atoms with Crippen molar-refractivity contribution >= 4 is 17.5 Å². The van der Waals surface area contributed by atoms with Crippen LogP contribution in [0.5, 0.6) is 0 Å². The predicted octanol–water partition coefficient (Wildman–Crippen LogP) is 0.0253. The average molecular weight is 398 g/mol. The van der Waals surface area contributed by atoms with E-state index in [4.69, 9.17) is 59.6 Å². The van der Waals surface area contributed by atoms with Gasteiger partial charge in [0.05, 0.1) is 0 Å². The monoisotopic (exact) mass is 398 g/mol. The number of rotatable bonds is 12. The van der Waals surface area contributed by atoms with E-state index >= 15 is 0 Å². The Hall–Kier alpha value is -0.630. The molecule has 0 unspecified atom stereocenters. The SMILES string of the molecule is COCO[C@@H]1[C@H](OCOC)[C@H](OCOC)[C@H]2OC(=S)O[C@H]2[C@@H]1OCOC. The summed E-state index contributed by atoms with van der Waals surface area (Å²) < 4.78 is 54.7. The Kier molecular flexibility index (Phi) is 9.39. The van der Waals surface area contributed by atoms with Crippen LogP contribution in [0.4, 0.5) is 0 Å². The van der Waals surface area contributed by atoms with Gasteiger partial charge in [-0.3, -0.25) is 0 Å². The maximum absolute atomic E-state index is 5.82. The highest BCUT2D eigenvalue weighted by molar-refractivity contribution is 7.79. The zero-order chi connectivity index (χ0) is 18.9. The lowest BCUT2D eigenvalue weighted by atomic mass is 9.84. The van der Waals surface area contributed by atoms with Crippen LogP contribution in [0.15, 0.2) is 0 Å². The molecule has 2 fully saturated rings. The van der Waals surface area contributed by atoms with Crippen molar-refractivity contribution in [1.82, 2.24) is 0 Å². The van der Waals surface area contributed by atoms with Gasteiger partial charge in [0, 0.05) is 40.7 Å². The molecule has 11 heteroatoms. The molecule has 10 nitrogen and oxygen atoms in total. The minimum absolute atomic E-state index is 0.00918. The lowest BCUT2D eigenvalue weighted by Crippen LogP contribution is -2.65. The molecule has 1 saturated carbocycles. The Balaban J connectivity index is 2.29. The van der Waals surface area contributed by atoms with Gasteiger partial charge in [0.15, 0.2) is 12.2 Å². The van der Waals surface area contributed by atoms with Gasteiger partial charge in [-0.15, -0.1) is 0 Å². The van der Waals surface area contributed by atoms with Gasteiger partial charge in [-0.05, 0) is 0 Å². The molecule has 1 aliphatic heterocycles. The fraction of sp³-hybridized carbons (Fsp3) is 0.933. The van der Waals surface area contributed by atoms with E-state index in [9.17, 15) is 0 Å². The number of hydrogen-bond donors (Lipinski definition) is 0. The number of fused-ring (bicyclic) bond motifs is 1. The standard InChI is InChI=1S/C15H26O10S/c1-16-5-20-9-10(21-6-17-2)12(23-8-19-4)14-13(24-15(26)25-14)11(9)22-7-18-3/h9-14H,5-8H2,1-4H3/t9-,10+,11-,12+,13+,14-. The van der Waals surface area contributed by atoms with Crippen LogP contribution in [-0.4, -0.2) is 97.5 Å². The second-order valence-corrected chi connectivity index (χ2v) is 5.90. The normalized spacial score (nSPS) is 33.6. The van der Waals surface area contributed by atoms with E-state index in [1.807, 2.05) is 0 Å². The lowest BCUT2D eigenvalue weighted by Gasteiger charge is -2.45. The quantitative estimate of drug-likeness (QED) is 0.329. The second-order valence-electron chi connectivity index (χ2n) is 5.57. The molecular weight excluding hydrogens is 372 g/mol. The molecule has 26 heavy (non-hydrogen) atoms. The number of hydrogen-bond acceptors (Lipinski definition) is 11. The van der Waals surface area contributed by atoms with E-state index in [0.717, 1.165) is 0 Å². The summed E-state index contributed by atoms with van der Waals surface area (Å²) in [5.74, 6) is 0. The molecule has 2 rings (SSSR count). The fourth-order valence-electron chi connectivity index (χ4n) is 2.99. The molecule has 1 aliphatic carbocycles. The van der Waals surface area contributed by atoms with Gasteiger partial charge in [0.25, 0.3) is 0 Å². The molecule has 0 radical (unpaired) electrons. The maximum Gasteiger partial charge on any atom is 0.353 e. The Morgan fingerprint density at radius 2 is 0.923 bits per heavy atom. The van der Waals surface area contributed by atoms with Crippen molar-refractivity contribution in [2.75, 3.05) is 55.6 Å². The first-order chi connectivity index (χ1) is 12.7. The smallest absolute Gasteiger partial charge is 0.353 e. The third-order valence-electron chi connectivity index (χ3n) is 3.92. The molecule has 1 heterocycles. The van der Waals surface area contributed by atoms with E-state index < -0.39 is 36.6 Å². The zero-order valence-electron chi connectivity index (χ0n) is 15.3. The van der Waals surface area contributed by atoms with Gasteiger partial charge in [0.1, 0.15) is 51.6 Å². The molecule has 0 bridgehead atoms. The number of thiocarbonyl (C=S) groups is 1. The summed E-state index contributed by atoms with van der Waals surface area (Å²) in [6, 6.07) is 0. The van der Waals surface area contributed by atoms with Crippen LogP contribution in [0.2, 0.25) is 0 Å². The first kappa shape index (κ1) is 21.7. The van der Waals surface area contributed by atoms with Crippen molar-refractivity contribution in [2.24, 2.45) is 0 Å². The third kappa shape index (κ3) is 5.21. The molecule has 0 spiro atoms. The molecular formula is C15H26O10S. The number of ether oxygens (including phenoxy) is 10. The Labute approximate surface area is 157 Å². The summed E-state index contributed by atoms with van der Waals surface area (Å²) in [6.07, 6.45) is -3.56. The Morgan fingerprint density at radius 1 is 0.615 bits per heavy atom. The molecule has 6 atom stereocenters. The lowest BCUT2D eigenvalue weighted by molar-refractivity contribution is -0.285. The van der Waals surface area contributed by atoms with Crippen LogP contribution in [0.1, 0.15) is 0 Å². The molecule has 0 N–H and O–H groups in total. The van der Waals surface area contributed by atoms with Crippen LogP contribution in [0.25, 0.3) is 0 Å². The van der Waals surface area contributed by atoms with Crippen LogP contribution in [0.3, 0.4) is 0 Å². The van der Waals surface area contributed by atoms with E-state index in [0.29, 0.717) is 0 Å². The van der Waals surface area contributed by atoms with Gasteiger partial charge in [-0.1, -0.05) is 0 Å². The van der Waals surface area contributed by atoms with Crippen LogP contribution in [-0.2, 0) is 47.4 Å². The van der Waals surface area contributed by atoms with Crippen molar-refractivity contribution < 1.29 is 47.4 Å². The minimum Gasteiger partial charge on any atom is -0.447 e. The second kappa shape index (κ2) is 11.3. The maximum atomic E-state index is 5.82. The van der Waals surface area contributed by atoms with Gasteiger partial charge in [-0.2, -0.15) is 0 Å².